The van der Waals surface area contributed by atoms with Crippen LogP contribution in [0.2, 0.25) is 0 Å². The Morgan fingerprint density at radius 2 is 1.68 bits per heavy atom. The second-order valence-electron chi connectivity index (χ2n) is 8.39. The number of rotatable bonds is 5. The minimum atomic E-state index is -0.206. The number of hydrogen-bond acceptors (Lipinski definition) is 3. The number of amides is 2. The first kappa shape index (κ1) is 19.5. The number of carbonyl (C=O) groups is 2. The van der Waals surface area contributed by atoms with Crippen LogP contribution >= 0.6 is 0 Å². The van der Waals surface area contributed by atoms with Gasteiger partial charge >= 0.3 is 0 Å². The summed E-state index contributed by atoms with van der Waals surface area (Å²) in [5, 5.41) is 3.09. The lowest BCUT2D eigenvalue weighted by atomic mass is 10.1. The largest absolute Gasteiger partial charge is 0.344 e. The van der Waals surface area contributed by atoms with Gasteiger partial charge in [-0.1, -0.05) is 60.7 Å². The van der Waals surface area contributed by atoms with Crippen molar-refractivity contribution in [1.29, 1.82) is 0 Å². The van der Waals surface area contributed by atoms with Gasteiger partial charge in [-0.15, -0.1) is 0 Å². The molecule has 0 spiro atoms. The summed E-state index contributed by atoms with van der Waals surface area (Å²) in [6.07, 6.45) is 1.96. The Morgan fingerprint density at radius 1 is 1.00 bits per heavy atom. The predicted molar refractivity (Wildman–Crippen MR) is 118 cm³/mol. The number of nitrogens with one attached hydrogen (secondary N) is 1. The van der Waals surface area contributed by atoms with Gasteiger partial charge in [-0.3, -0.25) is 9.59 Å². The molecule has 1 fully saturated rings. The Kier molecular flexibility index (Phi) is 5.06. The molecule has 6 nitrogen and oxygen atoms in total. The highest BCUT2D eigenvalue weighted by atomic mass is 16.2. The fraction of sp³-hybridized carbons (Fsp3) is 0.320. The third-order valence-corrected chi connectivity index (χ3v) is 6.14. The lowest BCUT2D eigenvalue weighted by molar-refractivity contribution is -0.134. The number of hydrogen-bond donors (Lipinski definition) is 1. The molecule has 5 rings (SSSR count). The minimum Gasteiger partial charge on any atom is -0.344 e. The molecule has 2 amide bonds. The van der Waals surface area contributed by atoms with Crippen molar-refractivity contribution in [3.05, 3.63) is 77.6 Å². The topological polar surface area (TPSA) is 67.2 Å². The van der Waals surface area contributed by atoms with E-state index >= 15 is 0 Å². The standard InChI is InChI=1S/C25H26N4O2/c1-17(18-8-4-2-5-9-18)26-24(30)22-21-16-28(25(31)20-12-13-20)14-15-29(21)23(27-22)19-10-6-3-7-11-19/h2-11,17,20H,12-16H2,1H3,(H,26,30). The molecule has 2 aliphatic rings. The first-order valence-corrected chi connectivity index (χ1v) is 10.9. The van der Waals surface area contributed by atoms with Crippen molar-refractivity contribution in [1.82, 2.24) is 19.8 Å². The van der Waals surface area contributed by atoms with Crippen molar-refractivity contribution in [2.75, 3.05) is 6.54 Å². The van der Waals surface area contributed by atoms with Gasteiger partial charge < -0.3 is 14.8 Å². The van der Waals surface area contributed by atoms with E-state index in [9.17, 15) is 9.59 Å². The quantitative estimate of drug-likeness (QED) is 0.691. The van der Waals surface area contributed by atoms with Gasteiger partial charge in [0.1, 0.15) is 5.82 Å². The first-order chi connectivity index (χ1) is 15.1. The van der Waals surface area contributed by atoms with Gasteiger partial charge in [-0.05, 0) is 25.3 Å². The third-order valence-electron chi connectivity index (χ3n) is 6.14. The van der Waals surface area contributed by atoms with Gasteiger partial charge in [0.2, 0.25) is 5.91 Å². The zero-order valence-corrected chi connectivity index (χ0v) is 17.6. The van der Waals surface area contributed by atoms with Gasteiger partial charge in [0, 0.05) is 24.6 Å². The fourth-order valence-electron chi connectivity index (χ4n) is 4.22. The highest BCUT2D eigenvalue weighted by molar-refractivity contribution is 5.95. The van der Waals surface area contributed by atoms with Crippen LogP contribution in [0.15, 0.2) is 60.7 Å². The molecule has 2 heterocycles. The van der Waals surface area contributed by atoms with Crippen LogP contribution in [0.25, 0.3) is 11.4 Å². The molecule has 31 heavy (non-hydrogen) atoms. The van der Waals surface area contributed by atoms with E-state index in [2.05, 4.69) is 9.88 Å². The van der Waals surface area contributed by atoms with Crippen LogP contribution in [0.3, 0.4) is 0 Å². The van der Waals surface area contributed by atoms with Crippen molar-refractivity contribution in [3.63, 3.8) is 0 Å². The van der Waals surface area contributed by atoms with E-state index in [1.54, 1.807) is 0 Å². The Morgan fingerprint density at radius 3 is 2.35 bits per heavy atom. The number of carbonyl (C=O) groups excluding carboxylic acids is 2. The molecule has 1 saturated carbocycles. The zero-order chi connectivity index (χ0) is 21.4. The van der Waals surface area contributed by atoms with E-state index in [1.807, 2.05) is 72.5 Å². The summed E-state index contributed by atoms with van der Waals surface area (Å²) in [7, 11) is 0. The smallest absolute Gasteiger partial charge is 0.272 e. The lowest BCUT2D eigenvalue weighted by Gasteiger charge is -2.29. The van der Waals surface area contributed by atoms with E-state index < -0.39 is 0 Å². The van der Waals surface area contributed by atoms with E-state index in [0.717, 1.165) is 35.5 Å². The maximum absolute atomic E-state index is 13.3. The van der Waals surface area contributed by atoms with Crippen LogP contribution in [-0.4, -0.2) is 32.8 Å². The van der Waals surface area contributed by atoms with Crippen LogP contribution in [-0.2, 0) is 17.9 Å². The molecule has 6 heteroatoms. The van der Waals surface area contributed by atoms with E-state index in [1.165, 1.54) is 0 Å². The molecule has 1 aromatic heterocycles. The molecule has 1 aliphatic heterocycles. The van der Waals surface area contributed by atoms with Crippen molar-refractivity contribution in [2.24, 2.45) is 5.92 Å². The van der Waals surface area contributed by atoms with Gasteiger partial charge in [0.25, 0.3) is 5.91 Å². The number of fused-ring (bicyclic) bond motifs is 1. The maximum atomic E-state index is 13.3. The van der Waals surface area contributed by atoms with Crippen molar-refractivity contribution in [3.8, 4) is 11.4 Å². The van der Waals surface area contributed by atoms with Gasteiger partial charge in [0.15, 0.2) is 5.69 Å². The highest BCUT2D eigenvalue weighted by Crippen LogP contribution is 2.33. The van der Waals surface area contributed by atoms with Crippen LogP contribution in [0.5, 0.6) is 0 Å². The maximum Gasteiger partial charge on any atom is 0.272 e. The Bertz CT molecular complexity index is 1100. The normalized spacial score (nSPS) is 16.5. The molecular weight excluding hydrogens is 388 g/mol. The second-order valence-corrected chi connectivity index (χ2v) is 8.39. The molecule has 1 N–H and O–H groups in total. The Labute approximate surface area is 181 Å². The summed E-state index contributed by atoms with van der Waals surface area (Å²) in [6.45, 7) is 3.70. The van der Waals surface area contributed by atoms with Crippen molar-refractivity contribution < 1.29 is 9.59 Å². The molecule has 0 radical (unpaired) electrons. The van der Waals surface area contributed by atoms with Crippen LogP contribution in [0, 0.1) is 5.92 Å². The number of aromatic nitrogens is 2. The predicted octanol–water partition coefficient (Wildman–Crippen LogP) is 3.79. The first-order valence-electron chi connectivity index (χ1n) is 10.9. The van der Waals surface area contributed by atoms with Crippen LogP contribution in [0.1, 0.15) is 47.6 Å². The summed E-state index contributed by atoms with van der Waals surface area (Å²) >= 11 is 0. The average Bonchev–Trinajstić information content (AvgIpc) is 3.59. The van der Waals surface area contributed by atoms with Crippen LogP contribution < -0.4 is 5.32 Å². The molecule has 1 atom stereocenters. The minimum absolute atomic E-state index is 0.140. The Balaban J connectivity index is 1.48. The SMILES string of the molecule is CC(NC(=O)c1nc(-c2ccccc2)n2c1CN(C(=O)C1CC1)CC2)c1ccccc1. The molecule has 1 aliphatic carbocycles. The van der Waals surface area contributed by atoms with Gasteiger partial charge in [0.05, 0.1) is 18.3 Å². The molecule has 2 aromatic carbocycles. The molecular formula is C25H26N4O2. The zero-order valence-electron chi connectivity index (χ0n) is 17.6. The highest BCUT2D eigenvalue weighted by Gasteiger charge is 2.37. The summed E-state index contributed by atoms with van der Waals surface area (Å²) < 4.78 is 2.11. The van der Waals surface area contributed by atoms with E-state index in [0.29, 0.717) is 25.3 Å². The molecule has 0 bridgehead atoms. The third kappa shape index (κ3) is 3.85. The fourth-order valence-corrected chi connectivity index (χ4v) is 4.22. The number of benzene rings is 2. The van der Waals surface area contributed by atoms with E-state index in [-0.39, 0.29) is 23.8 Å². The molecule has 0 saturated heterocycles. The number of imidazole rings is 1. The summed E-state index contributed by atoms with van der Waals surface area (Å²) in [6, 6.07) is 19.7. The van der Waals surface area contributed by atoms with Crippen molar-refractivity contribution >= 4 is 11.8 Å². The second kappa shape index (κ2) is 8.02. The number of nitrogens with zero attached hydrogens (tertiary/aromatic N) is 3. The molecule has 3 aromatic rings. The lowest BCUT2D eigenvalue weighted by Crippen LogP contribution is -2.40. The van der Waals surface area contributed by atoms with E-state index in [4.69, 9.17) is 4.98 Å². The summed E-state index contributed by atoms with van der Waals surface area (Å²) in [5.41, 5.74) is 3.24. The van der Waals surface area contributed by atoms with Gasteiger partial charge in [-0.25, -0.2) is 4.98 Å². The average molecular weight is 415 g/mol. The molecule has 158 valence electrons. The summed E-state index contributed by atoms with van der Waals surface area (Å²) in [4.78, 5) is 32.6. The van der Waals surface area contributed by atoms with Crippen molar-refractivity contribution in [2.45, 2.75) is 38.9 Å². The monoisotopic (exact) mass is 414 g/mol. The van der Waals surface area contributed by atoms with Crippen LogP contribution in [0.4, 0.5) is 0 Å². The van der Waals surface area contributed by atoms with Gasteiger partial charge in [-0.2, -0.15) is 0 Å². The molecule has 1 unspecified atom stereocenters. The Hall–Kier alpha value is -3.41. The summed E-state index contributed by atoms with van der Waals surface area (Å²) in [5.74, 6) is 0.950.